The minimum absolute atomic E-state index is 0.133. The number of amides is 1. The van der Waals surface area contributed by atoms with Gasteiger partial charge in [-0.2, -0.15) is 0 Å². The Morgan fingerprint density at radius 2 is 1.72 bits per heavy atom. The van der Waals surface area contributed by atoms with Gasteiger partial charge in [0, 0.05) is 12.6 Å². The van der Waals surface area contributed by atoms with E-state index in [0.717, 1.165) is 24.3 Å². The number of methoxy groups -OCH3 is 1. The number of ether oxygens (including phenoxy) is 1. The second kappa shape index (κ2) is 9.84. The summed E-state index contributed by atoms with van der Waals surface area (Å²) in [5.74, 6) is 0.994. The summed E-state index contributed by atoms with van der Waals surface area (Å²) in [5, 5.41) is 3.26. The summed E-state index contributed by atoms with van der Waals surface area (Å²) in [4.78, 5) is 14.4. The molecule has 0 spiro atoms. The number of hydrogen-bond acceptors (Lipinski definition) is 3. The van der Waals surface area contributed by atoms with Crippen LogP contribution in [-0.2, 0) is 17.8 Å². The first-order valence-corrected chi connectivity index (χ1v) is 8.77. The summed E-state index contributed by atoms with van der Waals surface area (Å²) in [6, 6.07) is 18.3. The molecule has 0 heterocycles. The minimum Gasteiger partial charge on any atom is -0.497 e. The molecule has 2 aromatic rings. The lowest BCUT2D eigenvalue weighted by molar-refractivity contribution is -0.132. The molecule has 0 atom stereocenters. The van der Waals surface area contributed by atoms with Gasteiger partial charge < -0.3 is 15.0 Å². The molecule has 0 bridgehead atoms. The zero-order chi connectivity index (χ0) is 18.1. The topological polar surface area (TPSA) is 41.6 Å². The second-order valence-corrected chi connectivity index (χ2v) is 6.38. The molecule has 4 nitrogen and oxygen atoms in total. The third-order valence-electron chi connectivity index (χ3n) is 4.17. The summed E-state index contributed by atoms with van der Waals surface area (Å²) >= 11 is 0. The zero-order valence-electron chi connectivity index (χ0n) is 15.4. The summed E-state index contributed by atoms with van der Waals surface area (Å²) in [5.41, 5.74) is 2.38. The second-order valence-electron chi connectivity index (χ2n) is 6.38. The molecule has 0 saturated carbocycles. The maximum absolute atomic E-state index is 12.5. The number of hydrogen-bond donors (Lipinski definition) is 1. The Balaban J connectivity index is 1.78. The van der Waals surface area contributed by atoms with E-state index in [1.807, 2.05) is 35.2 Å². The van der Waals surface area contributed by atoms with Crippen molar-refractivity contribution in [3.8, 4) is 5.75 Å². The van der Waals surface area contributed by atoms with Crippen LogP contribution in [0.4, 0.5) is 0 Å². The first kappa shape index (κ1) is 19.0. The number of rotatable bonds is 9. The van der Waals surface area contributed by atoms with Crippen LogP contribution in [-0.4, -0.2) is 37.0 Å². The molecule has 0 aliphatic heterocycles. The Hall–Kier alpha value is -2.33. The fraction of sp³-hybridized carbons (Fsp3) is 0.381. The normalized spacial score (nSPS) is 10.7. The van der Waals surface area contributed by atoms with E-state index >= 15 is 0 Å². The van der Waals surface area contributed by atoms with E-state index in [1.54, 1.807) is 7.11 Å². The number of benzene rings is 2. The van der Waals surface area contributed by atoms with Gasteiger partial charge in [0.15, 0.2) is 0 Å². The van der Waals surface area contributed by atoms with Crippen LogP contribution in [0.3, 0.4) is 0 Å². The third kappa shape index (κ3) is 6.24. The Kier molecular flexibility index (Phi) is 7.48. The van der Waals surface area contributed by atoms with Crippen molar-refractivity contribution in [1.82, 2.24) is 10.2 Å². The predicted molar refractivity (Wildman–Crippen MR) is 102 cm³/mol. The van der Waals surface area contributed by atoms with Crippen LogP contribution < -0.4 is 10.1 Å². The Labute approximate surface area is 150 Å². The minimum atomic E-state index is 0.133. The van der Waals surface area contributed by atoms with E-state index in [1.165, 1.54) is 5.56 Å². The van der Waals surface area contributed by atoms with Crippen LogP contribution >= 0.6 is 0 Å². The van der Waals surface area contributed by atoms with Crippen LogP contribution in [0.15, 0.2) is 54.6 Å². The quantitative estimate of drug-likeness (QED) is 0.713. The molecule has 4 heteroatoms. The Morgan fingerprint density at radius 1 is 1.04 bits per heavy atom. The van der Waals surface area contributed by atoms with Gasteiger partial charge in [-0.1, -0.05) is 42.5 Å². The fourth-order valence-corrected chi connectivity index (χ4v) is 2.66. The van der Waals surface area contributed by atoms with Crippen molar-refractivity contribution in [3.05, 3.63) is 65.7 Å². The highest BCUT2D eigenvalue weighted by molar-refractivity contribution is 5.78. The lowest BCUT2D eigenvalue weighted by Gasteiger charge is -2.27. The van der Waals surface area contributed by atoms with Crippen molar-refractivity contribution in [3.63, 3.8) is 0 Å². The van der Waals surface area contributed by atoms with E-state index in [9.17, 15) is 4.79 Å². The van der Waals surface area contributed by atoms with E-state index < -0.39 is 0 Å². The molecule has 0 aromatic heterocycles. The molecule has 1 amide bonds. The van der Waals surface area contributed by atoms with E-state index in [0.29, 0.717) is 13.1 Å². The molecule has 2 aromatic carbocycles. The average Bonchev–Trinajstić information content (AvgIpc) is 2.64. The molecule has 0 aliphatic rings. The van der Waals surface area contributed by atoms with Gasteiger partial charge in [-0.25, -0.2) is 0 Å². The maximum Gasteiger partial charge on any atom is 0.237 e. The smallest absolute Gasteiger partial charge is 0.237 e. The summed E-state index contributed by atoms with van der Waals surface area (Å²) in [7, 11) is 1.66. The van der Waals surface area contributed by atoms with Crippen molar-refractivity contribution in [2.45, 2.75) is 32.9 Å². The van der Waals surface area contributed by atoms with Crippen LogP contribution in [0.5, 0.6) is 5.75 Å². The van der Waals surface area contributed by atoms with E-state index in [-0.39, 0.29) is 11.9 Å². The van der Waals surface area contributed by atoms with Crippen LogP contribution in [0.2, 0.25) is 0 Å². The van der Waals surface area contributed by atoms with E-state index in [2.05, 4.69) is 43.4 Å². The molecule has 25 heavy (non-hydrogen) atoms. The van der Waals surface area contributed by atoms with Gasteiger partial charge in [0.2, 0.25) is 5.91 Å². The Morgan fingerprint density at radius 3 is 2.32 bits per heavy atom. The van der Waals surface area contributed by atoms with Crippen molar-refractivity contribution in [2.75, 3.05) is 20.2 Å². The molecular formula is C21H28N2O2. The first-order valence-electron chi connectivity index (χ1n) is 8.77. The lowest BCUT2D eigenvalue weighted by Crippen LogP contribution is -2.42. The van der Waals surface area contributed by atoms with Crippen molar-refractivity contribution >= 4 is 5.91 Å². The van der Waals surface area contributed by atoms with Gasteiger partial charge in [-0.15, -0.1) is 0 Å². The highest BCUT2D eigenvalue weighted by Crippen LogP contribution is 2.11. The zero-order valence-corrected chi connectivity index (χ0v) is 15.4. The predicted octanol–water partition coefficient (Wildman–Crippen LogP) is 3.26. The average molecular weight is 340 g/mol. The highest BCUT2D eigenvalue weighted by Gasteiger charge is 2.16. The molecule has 0 radical (unpaired) electrons. The van der Waals surface area contributed by atoms with Crippen LogP contribution in [0, 0.1) is 0 Å². The fourth-order valence-electron chi connectivity index (χ4n) is 2.66. The Bertz CT molecular complexity index is 639. The van der Waals surface area contributed by atoms with Crippen LogP contribution in [0.1, 0.15) is 25.0 Å². The lowest BCUT2D eigenvalue weighted by atomic mass is 10.1. The van der Waals surface area contributed by atoms with Crippen LogP contribution in [0.25, 0.3) is 0 Å². The SMILES string of the molecule is COc1ccc(CCNCC(=O)N(Cc2ccccc2)C(C)C)cc1. The summed E-state index contributed by atoms with van der Waals surface area (Å²) < 4.78 is 5.16. The van der Waals surface area contributed by atoms with Crippen molar-refractivity contribution in [2.24, 2.45) is 0 Å². The molecule has 1 N–H and O–H groups in total. The van der Waals surface area contributed by atoms with E-state index in [4.69, 9.17) is 4.74 Å². The molecule has 0 aliphatic carbocycles. The van der Waals surface area contributed by atoms with Crippen molar-refractivity contribution in [1.29, 1.82) is 0 Å². The van der Waals surface area contributed by atoms with Gasteiger partial charge in [-0.3, -0.25) is 4.79 Å². The highest BCUT2D eigenvalue weighted by atomic mass is 16.5. The van der Waals surface area contributed by atoms with Gasteiger partial charge in [0.25, 0.3) is 0 Å². The van der Waals surface area contributed by atoms with Crippen molar-refractivity contribution < 1.29 is 9.53 Å². The molecular weight excluding hydrogens is 312 g/mol. The van der Waals surface area contributed by atoms with Gasteiger partial charge in [0.05, 0.1) is 13.7 Å². The number of nitrogens with zero attached hydrogens (tertiary/aromatic N) is 1. The van der Waals surface area contributed by atoms with Gasteiger partial charge in [-0.05, 0) is 50.1 Å². The monoisotopic (exact) mass is 340 g/mol. The number of carbonyl (C=O) groups is 1. The molecule has 0 fully saturated rings. The first-order chi connectivity index (χ1) is 12.1. The summed E-state index contributed by atoms with van der Waals surface area (Å²) in [6.07, 6.45) is 0.887. The summed E-state index contributed by atoms with van der Waals surface area (Å²) in [6.45, 7) is 5.89. The number of nitrogens with one attached hydrogen (secondary N) is 1. The van der Waals surface area contributed by atoms with Gasteiger partial charge in [0.1, 0.15) is 5.75 Å². The molecule has 134 valence electrons. The van der Waals surface area contributed by atoms with Gasteiger partial charge >= 0.3 is 0 Å². The largest absolute Gasteiger partial charge is 0.497 e. The maximum atomic E-state index is 12.5. The molecule has 0 unspecified atom stereocenters. The standard InChI is InChI=1S/C21H28N2O2/c1-17(2)23(16-19-7-5-4-6-8-19)21(24)15-22-14-13-18-9-11-20(25-3)12-10-18/h4-12,17,22H,13-16H2,1-3H3. The molecule has 0 saturated heterocycles. The third-order valence-corrected chi connectivity index (χ3v) is 4.17. The number of carbonyl (C=O) groups excluding carboxylic acids is 1. The molecule has 2 rings (SSSR count).